The van der Waals surface area contributed by atoms with Gasteiger partial charge in [0.25, 0.3) is 0 Å². The second kappa shape index (κ2) is 5.58. The molecule has 1 aliphatic rings. The van der Waals surface area contributed by atoms with E-state index in [0.717, 1.165) is 18.4 Å². The molecule has 0 bridgehead atoms. The highest BCUT2D eigenvalue weighted by atomic mass is 35.5. The van der Waals surface area contributed by atoms with Gasteiger partial charge in [0.15, 0.2) is 0 Å². The molecule has 0 unspecified atom stereocenters. The third-order valence-corrected chi connectivity index (χ3v) is 4.07. The number of carbonyl (C=O) groups excluding carboxylic acids is 1. The molecule has 0 aliphatic heterocycles. The molecule has 2 aromatic rings. The summed E-state index contributed by atoms with van der Waals surface area (Å²) in [7, 11) is 0. The normalized spacial score (nSPS) is 15.3. The van der Waals surface area contributed by atoms with E-state index >= 15 is 0 Å². The number of urea groups is 1. The number of rotatable bonds is 3. The van der Waals surface area contributed by atoms with Crippen LogP contribution in [0.3, 0.4) is 0 Å². The molecular weight excluding hydrogens is 307 g/mol. The van der Waals surface area contributed by atoms with Crippen molar-refractivity contribution in [2.75, 3.05) is 5.32 Å². The van der Waals surface area contributed by atoms with Gasteiger partial charge in [0.1, 0.15) is 0 Å². The minimum Gasteiger partial charge on any atom is -0.328 e. The maximum atomic E-state index is 12.1. The molecule has 1 saturated carbocycles. The molecular formula is C16H14Cl2N2O. The van der Waals surface area contributed by atoms with Gasteiger partial charge in [-0.15, -0.1) is 0 Å². The summed E-state index contributed by atoms with van der Waals surface area (Å²) in [4.78, 5) is 12.1. The van der Waals surface area contributed by atoms with Crippen LogP contribution >= 0.6 is 23.2 Å². The van der Waals surface area contributed by atoms with Crippen LogP contribution in [0.4, 0.5) is 10.5 Å². The number of carbonyl (C=O) groups is 1. The monoisotopic (exact) mass is 320 g/mol. The number of benzene rings is 2. The van der Waals surface area contributed by atoms with Crippen molar-refractivity contribution in [1.82, 2.24) is 5.32 Å². The van der Waals surface area contributed by atoms with E-state index < -0.39 is 0 Å². The van der Waals surface area contributed by atoms with E-state index in [9.17, 15) is 4.79 Å². The second-order valence-electron chi connectivity index (χ2n) is 5.18. The number of halogens is 2. The van der Waals surface area contributed by atoms with Gasteiger partial charge >= 0.3 is 6.03 Å². The standard InChI is InChI=1S/C16H14Cl2N2O/c17-12-6-4-11(5-7-12)16(8-9-16)20-15(21)19-14-3-1-2-13(18)10-14/h1-7,10H,8-9H2,(H2,19,20,21). The highest BCUT2D eigenvalue weighted by Gasteiger charge is 2.45. The fourth-order valence-electron chi connectivity index (χ4n) is 2.33. The van der Waals surface area contributed by atoms with Crippen molar-refractivity contribution < 1.29 is 4.79 Å². The highest BCUT2D eigenvalue weighted by Crippen LogP contribution is 2.45. The van der Waals surface area contributed by atoms with Gasteiger partial charge in [-0.3, -0.25) is 0 Å². The molecule has 2 aromatic carbocycles. The fourth-order valence-corrected chi connectivity index (χ4v) is 2.64. The van der Waals surface area contributed by atoms with Crippen molar-refractivity contribution in [1.29, 1.82) is 0 Å². The van der Waals surface area contributed by atoms with Crippen molar-refractivity contribution in [3.05, 3.63) is 64.1 Å². The van der Waals surface area contributed by atoms with E-state index in [0.29, 0.717) is 15.7 Å². The number of hydrogen-bond acceptors (Lipinski definition) is 1. The van der Waals surface area contributed by atoms with Crippen molar-refractivity contribution >= 4 is 34.9 Å². The zero-order valence-electron chi connectivity index (χ0n) is 11.2. The maximum Gasteiger partial charge on any atom is 0.319 e. The van der Waals surface area contributed by atoms with Gasteiger partial charge in [-0.2, -0.15) is 0 Å². The van der Waals surface area contributed by atoms with E-state index in [1.165, 1.54) is 0 Å². The van der Waals surface area contributed by atoms with Gasteiger partial charge < -0.3 is 10.6 Å². The average Bonchev–Trinajstić information content (AvgIpc) is 3.20. The Morgan fingerprint density at radius 2 is 1.71 bits per heavy atom. The Morgan fingerprint density at radius 1 is 1.00 bits per heavy atom. The number of nitrogens with one attached hydrogen (secondary N) is 2. The molecule has 2 amide bonds. The molecule has 0 atom stereocenters. The molecule has 0 radical (unpaired) electrons. The first-order valence-corrected chi connectivity index (χ1v) is 7.44. The smallest absolute Gasteiger partial charge is 0.319 e. The van der Waals surface area contributed by atoms with E-state index in [1.807, 2.05) is 24.3 Å². The van der Waals surface area contributed by atoms with Gasteiger partial charge in [-0.1, -0.05) is 41.4 Å². The SMILES string of the molecule is O=C(Nc1cccc(Cl)c1)NC1(c2ccc(Cl)cc2)CC1. The lowest BCUT2D eigenvalue weighted by Gasteiger charge is -2.18. The van der Waals surface area contributed by atoms with Crippen LogP contribution in [-0.4, -0.2) is 6.03 Å². The predicted molar refractivity (Wildman–Crippen MR) is 86.0 cm³/mol. The van der Waals surface area contributed by atoms with E-state index in [-0.39, 0.29) is 11.6 Å². The molecule has 2 N–H and O–H groups in total. The number of amides is 2. The van der Waals surface area contributed by atoms with Crippen molar-refractivity contribution in [3.8, 4) is 0 Å². The second-order valence-corrected chi connectivity index (χ2v) is 6.05. The third kappa shape index (κ3) is 3.31. The van der Waals surface area contributed by atoms with Crippen LogP contribution in [0.15, 0.2) is 48.5 Å². The molecule has 1 aliphatic carbocycles. The Hall–Kier alpha value is -1.71. The summed E-state index contributed by atoms with van der Waals surface area (Å²) in [6, 6.07) is 14.4. The van der Waals surface area contributed by atoms with Crippen molar-refractivity contribution in [3.63, 3.8) is 0 Å². The summed E-state index contributed by atoms with van der Waals surface area (Å²) in [5, 5.41) is 7.12. The molecule has 5 heteroatoms. The lowest BCUT2D eigenvalue weighted by atomic mass is 10.1. The van der Waals surface area contributed by atoms with Gasteiger partial charge in [-0.05, 0) is 48.7 Å². The average molecular weight is 321 g/mol. The van der Waals surface area contributed by atoms with E-state index in [1.54, 1.807) is 24.3 Å². The number of hydrogen-bond donors (Lipinski definition) is 2. The summed E-state index contributed by atoms with van der Waals surface area (Å²) in [5.74, 6) is 0. The summed E-state index contributed by atoms with van der Waals surface area (Å²) in [6.45, 7) is 0. The Labute approximate surface area is 133 Å². The number of anilines is 1. The molecule has 108 valence electrons. The Balaban J connectivity index is 1.68. The topological polar surface area (TPSA) is 41.1 Å². The lowest BCUT2D eigenvalue weighted by Crippen LogP contribution is -2.38. The maximum absolute atomic E-state index is 12.1. The molecule has 0 heterocycles. The molecule has 0 aromatic heterocycles. The molecule has 3 nitrogen and oxygen atoms in total. The first-order valence-electron chi connectivity index (χ1n) is 6.68. The van der Waals surface area contributed by atoms with E-state index in [4.69, 9.17) is 23.2 Å². The summed E-state index contributed by atoms with van der Waals surface area (Å²) in [6.07, 6.45) is 1.86. The van der Waals surface area contributed by atoms with Crippen LogP contribution < -0.4 is 10.6 Å². The summed E-state index contributed by atoms with van der Waals surface area (Å²) in [5.41, 5.74) is 1.48. The van der Waals surface area contributed by atoms with Crippen molar-refractivity contribution in [2.45, 2.75) is 18.4 Å². The van der Waals surface area contributed by atoms with Gasteiger partial charge in [0, 0.05) is 15.7 Å². The molecule has 0 saturated heterocycles. The lowest BCUT2D eigenvalue weighted by molar-refractivity contribution is 0.247. The van der Waals surface area contributed by atoms with E-state index in [2.05, 4.69) is 10.6 Å². The molecule has 3 rings (SSSR count). The van der Waals surface area contributed by atoms with Crippen LogP contribution in [0.25, 0.3) is 0 Å². The highest BCUT2D eigenvalue weighted by molar-refractivity contribution is 6.31. The minimum absolute atomic E-state index is 0.232. The third-order valence-electron chi connectivity index (χ3n) is 3.58. The summed E-state index contributed by atoms with van der Waals surface area (Å²) >= 11 is 11.8. The summed E-state index contributed by atoms with van der Waals surface area (Å²) < 4.78 is 0. The predicted octanol–water partition coefficient (Wildman–Crippen LogP) is 4.80. The molecule has 0 spiro atoms. The van der Waals surface area contributed by atoms with Gasteiger partial charge in [0.05, 0.1) is 5.54 Å². The Morgan fingerprint density at radius 3 is 2.33 bits per heavy atom. The zero-order valence-corrected chi connectivity index (χ0v) is 12.7. The van der Waals surface area contributed by atoms with Crippen LogP contribution in [-0.2, 0) is 5.54 Å². The quantitative estimate of drug-likeness (QED) is 0.837. The fraction of sp³-hybridized carbons (Fsp3) is 0.188. The van der Waals surface area contributed by atoms with Gasteiger partial charge in [-0.25, -0.2) is 4.79 Å². The Kier molecular flexibility index (Phi) is 3.79. The van der Waals surface area contributed by atoms with Crippen LogP contribution in [0.2, 0.25) is 10.0 Å². The van der Waals surface area contributed by atoms with Crippen LogP contribution in [0, 0.1) is 0 Å². The van der Waals surface area contributed by atoms with Gasteiger partial charge in [0.2, 0.25) is 0 Å². The first-order chi connectivity index (χ1) is 10.1. The van der Waals surface area contributed by atoms with Crippen LogP contribution in [0.1, 0.15) is 18.4 Å². The Bertz CT molecular complexity index is 666. The minimum atomic E-state index is -0.271. The largest absolute Gasteiger partial charge is 0.328 e. The van der Waals surface area contributed by atoms with Crippen molar-refractivity contribution in [2.24, 2.45) is 0 Å². The van der Waals surface area contributed by atoms with Crippen LogP contribution in [0.5, 0.6) is 0 Å². The molecule has 21 heavy (non-hydrogen) atoms. The molecule has 1 fully saturated rings. The zero-order chi connectivity index (χ0) is 14.9. The first kappa shape index (κ1) is 14.2.